The van der Waals surface area contributed by atoms with Gasteiger partial charge in [0.15, 0.2) is 0 Å². The van der Waals surface area contributed by atoms with Crippen molar-refractivity contribution < 1.29 is 0 Å². The lowest BCUT2D eigenvalue weighted by Gasteiger charge is -2.07. The van der Waals surface area contributed by atoms with Crippen LogP contribution in [0, 0.1) is 11.3 Å². The van der Waals surface area contributed by atoms with Gasteiger partial charge in [0.25, 0.3) is 0 Å². The molecule has 1 aromatic carbocycles. The Morgan fingerprint density at radius 1 is 1.32 bits per heavy atom. The Hall–Kier alpha value is -1.24. The third-order valence-electron chi connectivity index (χ3n) is 3.01. The number of fused-ring (bicyclic) bond motifs is 1. The Morgan fingerprint density at radius 2 is 2.05 bits per heavy atom. The van der Waals surface area contributed by atoms with E-state index in [4.69, 9.17) is 28.5 Å². The number of rotatable bonds is 5. The van der Waals surface area contributed by atoms with Crippen molar-refractivity contribution in [3.8, 4) is 6.07 Å². The quantitative estimate of drug-likeness (QED) is 0.757. The van der Waals surface area contributed by atoms with Crippen molar-refractivity contribution in [2.45, 2.75) is 39.2 Å². The first kappa shape index (κ1) is 14.2. The van der Waals surface area contributed by atoms with E-state index < -0.39 is 0 Å². The molecule has 3 nitrogen and oxygen atoms in total. The zero-order chi connectivity index (χ0) is 13.8. The van der Waals surface area contributed by atoms with Gasteiger partial charge in [-0.1, -0.05) is 30.1 Å². The van der Waals surface area contributed by atoms with Crippen molar-refractivity contribution in [3.63, 3.8) is 0 Å². The van der Waals surface area contributed by atoms with Crippen LogP contribution in [0.25, 0.3) is 11.0 Å². The smallest absolute Gasteiger partial charge is 0.109 e. The highest BCUT2D eigenvalue weighted by Crippen LogP contribution is 2.28. The van der Waals surface area contributed by atoms with Crippen LogP contribution in [0.5, 0.6) is 0 Å². The number of benzene rings is 1. The summed E-state index contributed by atoms with van der Waals surface area (Å²) in [5.74, 6) is 1.04. The fourth-order valence-electron chi connectivity index (χ4n) is 2.15. The van der Waals surface area contributed by atoms with Crippen LogP contribution in [-0.2, 0) is 13.0 Å². The van der Waals surface area contributed by atoms with Gasteiger partial charge in [-0.15, -0.1) is 0 Å². The Kier molecular flexibility index (Phi) is 4.68. The van der Waals surface area contributed by atoms with E-state index in [2.05, 4.69) is 22.5 Å². The van der Waals surface area contributed by atoms with Crippen molar-refractivity contribution in [1.82, 2.24) is 9.55 Å². The van der Waals surface area contributed by atoms with Gasteiger partial charge in [0.2, 0.25) is 0 Å². The largest absolute Gasteiger partial charge is 0.328 e. The molecule has 0 atom stereocenters. The van der Waals surface area contributed by atoms with Crippen LogP contribution in [0.3, 0.4) is 0 Å². The SMILES string of the molecule is CCCc1nc2cc(Cl)c(Cl)cc2n1CCCC#N. The molecule has 19 heavy (non-hydrogen) atoms. The van der Waals surface area contributed by atoms with Crippen molar-refractivity contribution >= 4 is 34.2 Å². The predicted octanol–water partition coefficient (Wildman–Crippen LogP) is 4.60. The molecule has 100 valence electrons. The maximum absolute atomic E-state index is 8.65. The van der Waals surface area contributed by atoms with E-state index in [1.54, 1.807) is 6.07 Å². The summed E-state index contributed by atoms with van der Waals surface area (Å²) in [6.45, 7) is 2.91. The fourth-order valence-corrected chi connectivity index (χ4v) is 2.47. The summed E-state index contributed by atoms with van der Waals surface area (Å²) in [6.07, 6.45) is 3.31. The number of aryl methyl sites for hydroxylation is 2. The number of aromatic nitrogens is 2. The molecule has 2 aromatic rings. The average Bonchev–Trinajstić information content (AvgIpc) is 2.69. The monoisotopic (exact) mass is 295 g/mol. The number of unbranched alkanes of at least 4 members (excludes halogenated alkanes) is 1. The molecule has 1 aromatic heterocycles. The number of hydrogen-bond acceptors (Lipinski definition) is 2. The van der Waals surface area contributed by atoms with Gasteiger partial charge in [0.05, 0.1) is 27.1 Å². The molecule has 0 N–H and O–H groups in total. The number of nitriles is 1. The topological polar surface area (TPSA) is 41.6 Å². The second-order valence-electron chi connectivity index (χ2n) is 4.45. The summed E-state index contributed by atoms with van der Waals surface area (Å²) in [5.41, 5.74) is 1.87. The molecular formula is C14H15Cl2N3. The maximum atomic E-state index is 8.65. The summed E-state index contributed by atoms with van der Waals surface area (Å²) in [4.78, 5) is 4.62. The number of hydrogen-bond donors (Lipinski definition) is 0. The molecule has 0 aliphatic carbocycles. The number of halogens is 2. The van der Waals surface area contributed by atoms with Crippen molar-refractivity contribution in [1.29, 1.82) is 5.26 Å². The zero-order valence-electron chi connectivity index (χ0n) is 10.8. The van der Waals surface area contributed by atoms with Crippen LogP contribution in [0.15, 0.2) is 12.1 Å². The van der Waals surface area contributed by atoms with Gasteiger partial charge < -0.3 is 4.57 Å². The minimum absolute atomic E-state index is 0.527. The molecule has 2 rings (SSSR count). The van der Waals surface area contributed by atoms with Gasteiger partial charge in [0.1, 0.15) is 5.82 Å². The van der Waals surface area contributed by atoms with E-state index >= 15 is 0 Å². The highest BCUT2D eigenvalue weighted by Gasteiger charge is 2.12. The van der Waals surface area contributed by atoms with Gasteiger partial charge in [-0.3, -0.25) is 0 Å². The molecule has 0 saturated carbocycles. The summed E-state index contributed by atoms with van der Waals surface area (Å²) >= 11 is 12.1. The first-order valence-corrected chi connectivity index (χ1v) is 7.14. The number of imidazole rings is 1. The van der Waals surface area contributed by atoms with E-state index in [1.165, 1.54) is 0 Å². The average molecular weight is 296 g/mol. The van der Waals surface area contributed by atoms with Crippen molar-refractivity contribution in [3.05, 3.63) is 28.0 Å². The Bertz CT molecular complexity index is 626. The van der Waals surface area contributed by atoms with E-state index in [0.29, 0.717) is 16.5 Å². The van der Waals surface area contributed by atoms with Gasteiger partial charge in [-0.25, -0.2) is 4.98 Å². The third-order valence-corrected chi connectivity index (χ3v) is 3.74. The second-order valence-corrected chi connectivity index (χ2v) is 5.26. The Labute approximate surface area is 122 Å². The molecule has 1 heterocycles. The lowest BCUT2D eigenvalue weighted by molar-refractivity contribution is 0.627. The summed E-state index contributed by atoms with van der Waals surface area (Å²) in [5, 5.41) is 9.72. The molecule has 0 unspecified atom stereocenters. The second kappa shape index (κ2) is 6.27. The number of nitrogens with zero attached hydrogens (tertiary/aromatic N) is 3. The van der Waals surface area contributed by atoms with Crippen LogP contribution in [0.1, 0.15) is 32.0 Å². The summed E-state index contributed by atoms with van der Waals surface area (Å²) < 4.78 is 2.15. The fraction of sp³-hybridized carbons (Fsp3) is 0.429. The molecule has 0 bridgehead atoms. The van der Waals surface area contributed by atoms with Gasteiger partial charge >= 0.3 is 0 Å². The van der Waals surface area contributed by atoms with Crippen LogP contribution in [0.2, 0.25) is 10.0 Å². The Morgan fingerprint density at radius 3 is 2.74 bits per heavy atom. The predicted molar refractivity (Wildman–Crippen MR) is 78.6 cm³/mol. The molecular weight excluding hydrogens is 281 g/mol. The minimum Gasteiger partial charge on any atom is -0.328 e. The molecule has 0 spiro atoms. The van der Waals surface area contributed by atoms with Crippen LogP contribution in [-0.4, -0.2) is 9.55 Å². The standard InChI is InChI=1S/C14H15Cl2N3/c1-2-5-14-18-12-8-10(15)11(16)9-13(12)19(14)7-4-3-6-17/h8-9H,2-5,7H2,1H3. The molecule has 0 amide bonds. The van der Waals surface area contributed by atoms with E-state index in [-0.39, 0.29) is 0 Å². The summed E-state index contributed by atoms with van der Waals surface area (Å²) in [7, 11) is 0. The van der Waals surface area contributed by atoms with Gasteiger partial charge in [0, 0.05) is 19.4 Å². The van der Waals surface area contributed by atoms with E-state index in [0.717, 1.165) is 42.7 Å². The van der Waals surface area contributed by atoms with Crippen LogP contribution < -0.4 is 0 Å². The highest BCUT2D eigenvalue weighted by molar-refractivity contribution is 6.42. The Balaban J connectivity index is 2.46. The molecule has 0 radical (unpaired) electrons. The summed E-state index contributed by atoms with van der Waals surface area (Å²) in [6, 6.07) is 5.83. The normalized spacial score (nSPS) is 10.8. The van der Waals surface area contributed by atoms with Gasteiger partial charge in [-0.05, 0) is 25.0 Å². The van der Waals surface area contributed by atoms with E-state index in [1.807, 2.05) is 6.07 Å². The molecule has 5 heteroatoms. The van der Waals surface area contributed by atoms with E-state index in [9.17, 15) is 0 Å². The van der Waals surface area contributed by atoms with Crippen LogP contribution in [0.4, 0.5) is 0 Å². The molecule has 0 aliphatic heterocycles. The molecule has 0 saturated heterocycles. The lowest BCUT2D eigenvalue weighted by Crippen LogP contribution is -2.03. The lowest BCUT2D eigenvalue weighted by atomic mass is 10.2. The van der Waals surface area contributed by atoms with Crippen molar-refractivity contribution in [2.75, 3.05) is 0 Å². The minimum atomic E-state index is 0.527. The highest BCUT2D eigenvalue weighted by atomic mass is 35.5. The first-order valence-electron chi connectivity index (χ1n) is 6.38. The van der Waals surface area contributed by atoms with Crippen molar-refractivity contribution in [2.24, 2.45) is 0 Å². The van der Waals surface area contributed by atoms with Crippen LogP contribution >= 0.6 is 23.2 Å². The maximum Gasteiger partial charge on any atom is 0.109 e. The third kappa shape index (κ3) is 3.02. The zero-order valence-corrected chi connectivity index (χ0v) is 12.3. The molecule has 0 fully saturated rings. The first-order chi connectivity index (χ1) is 9.17. The molecule has 0 aliphatic rings. The van der Waals surface area contributed by atoms with Gasteiger partial charge in [-0.2, -0.15) is 5.26 Å².